The van der Waals surface area contributed by atoms with Crippen LogP contribution in [0.4, 0.5) is 0 Å². The summed E-state index contributed by atoms with van der Waals surface area (Å²) >= 11 is 0. The molecule has 0 aromatic heterocycles. The van der Waals surface area contributed by atoms with Crippen LogP contribution < -0.4 is 0 Å². The average molecular weight is 262 g/mol. The van der Waals surface area contributed by atoms with Gasteiger partial charge in [0.05, 0.1) is 5.78 Å². The molecule has 2 heteroatoms. The first-order valence-corrected chi connectivity index (χ1v) is 4.57. The third kappa shape index (κ3) is 1.69. The van der Waals surface area contributed by atoms with E-state index in [4.69, 9.17) is 0 Å². The van der Waals surface area contributed by atoms with Crippen molar-refractivity contribution in [1.82, 2.24) is 0 Å². The van der Waals surface area contributed by atoms with Gasteiger partial charge in [-0.2, -0.15) is 11.6 Å². The molecule has 0 N–H and O–H groups in total. The molecule has 1 fully saturated rings. The maximum absolute atomic E-state index is 11.8. The average Bonchev–Trinajstić information content (AvgIpc) is 2.50. The monoisotopic (exact) mass is 263 g/mol. The fraction of sp³-hybridized carbons (Fsp3) is 0.545. The summed E-state index contributed by atoms with van der Waals surface area (Å²) in [5, 5.41) is 0. The largest absolute Gasteiger partial charge is 1.00 e. The van der Waals surface area contributed by atoms with E-state index < -0.39 is 0 Å². The minimum Gasteiger partial charge on any atom is -0.315 e. The Morgan fingerprint density at radius 3 is 2.62 bits per heavy atom. The Labute approximate surface area is 92.0 Å². The third-order valence-corrected chi connectivity index (χ3v) is 2.97. The number of carbonyl (C=O) groups excluding carboxylic acids is 1. The predicted molar refractivity (Wildman–Crippen MR) is 47.5 cm³/mol. The maximum atomic E-state index is 11.8. The van der Waals surface area contributed by atoms with Gasteiger partial charge >= 0.3 is 19.5 Å². The zero-order valence-electron chi connectivity index (χ0n) is 7.74. The molecule has 1 radical (unpaired) electrons. The number of allylic oxidation sites excluding steroid dienone is 4. The molecule has 0 bridgehead atoms. The second-order valence-corrected chi connectivity index (χ2v) is 3.83. The first-order valence-electron chi connectivity index (χ1n) is 4.57. The van der Waals surface area contributed by atoms with Crippen LogP contribution in [0.2, 0.25) is 0 Å². The van der Waals surface area contributed by atoms with Crippen molar-refractivity contribution < 1.29 is 24.3 Å². The number of rotatable bonds is 0. The van der Waals surface area contributed by atoms with Crippen LogP contribution in [0.25, 0.3) is 0 Å². The molecular formula is C11H13ORu. The summed E-state index contributed by atoms with van der Waals surface area (Å²) in [6, 6.07) is 0. The van der Waals surface area contributed by atoms with Crippen molar-refractivity contribution in [1.29, 1.82) is 0 Å². The molecule has 2 rings (SSSR count). The molecule has 0 aliphatic heterocycles. The minimum atomic E-state index is -0.140. The summed E-state index contributed by atoms with van der Waals surface area (Å²) in [7, 11) is 0. The maximum Gasteiger partial charge on any atom is 1.00 e. The molecule has 0 amide bonds. The van der Waals surface area contributed by atoms with Gasteiger partial charge in [0.1, 0.15) is 0 Å². The quantitative estimate of drug-likeness (QED) is 0.484. The van der Waals surface area contributed by atoms with Crippen LogP contribution in [-0.2, 0) is 24.3 Å². The van der Waals surface area contributed by atoms with E-state index in [2.05, 4.69) is 6.08 Å². The van der Waals surface area contributed by atoms with Gasteiger partial charge in [-0.3, -0.25) is 6.08 Å². The number of hydrogen-bond donors (Lipinski definition) is 0. The molecule has 0 atom stereocenters. The zero-order valence-corrected chi connectivity index (χ0v) is 9.48. The Kier molecular flexibility index (Phi) is 3.24. The number of ketones is 1. The summed E-state index contributed by atoms with van der Waals surface area (Å²) in [5.41, 5.74) is 0.734. The molecule has 1 spiro atoms. The molecule has 0 heterocycles. The van der Waals surface area contributed by atoms with E-state index in [1.807, 2.05) is 13.0 Å². The predicted octanol–water partition coefficient (Wildman–Crippen LogP) is 2.43. The van der Waals surface area contributed by atoms with E-state index in [0.29, 0.717) is 5.78 Å². The molecule has 1 nitrogen and oxygen atoms in total. The van der Waals surface area contributed by atoms with E-state index in [1.165, 1.54) is 12.8 Å². The number of Topliss-reactive ketones (excluding diaryl/α,β-unsaturated/α-hetero) is 1. The summed E-state index contributed by atoms with van der Waals surface area (Å²) < 4.78 is 0. The summed E-state index contributed by atoms with van der Waals surface area (Å²) in [4.78, 5) is 11.8. The molecule has 13 heavy (non-hydrogen) atoms. The zero-order chi connectivity index (χ0) is 8.60. The molecule has 2 aliphatic rings. The van der Waals surface area contributed by atoms with Gasteiger partial charge in [0, 0.05) is 5.41 Å². The van der Waals surface area contributed by atoms with Crippen LogP contribution in [0.3, 0.4) is 0 Å². The van der Waals surface area contributed by atoms with E-state index in [0.717, 1.165) is 18.4 Å². The molecule has 0 aromatic carbocycles. The van der Waals surface area contributed by atoms with Gasteiger partial charge in [-0.25, -0.2) is 6.08 Å². The summed E-state index contributed by atoms with van der Waals surface area (Å²) in [5.74, 6) is 0.332. The molecule has 0 aromatic rings. The minimum absolute atomic E-state index is 0. The van der Waals surface area contributed by atoms with E-state index in [1.54, 1.807) is 6.08 Å². The normalized spacial score (nSPS) is 24.4. The van der Waals surface area contributed by atoms with Crippen molar-refractivity contribution in [2.75, 3.05) is 0 Å². The fourth-order valence-electron chi connectivity index (χ4n) is 2.23. The second-order valence-electron chi connectivity index (χ2n) is 3.83. The number of hydrogen-bond acceptors (Lipinski definition) is 1. The smallest absolute Gasteiger partial charge is 0.315 e. The van der Waals surface area contributed by atoms with Crippen LogP contribution in [0.5, 0.6) is 0 Å². The van der Waals surface area contributed by atoms with Gasteiger partial charge < -0.3 is 4.79 Å². The summed E-state index contributed by atoms with van der Waals surface area (Å²) in [6.07, 6.45) is 11.3. The van der Waals surface area contributed by atoms with Crippen LogP contribution in [0.1, 0.15) is 32.6 Å². The first-order chi connectivity index (χ1) is 5.75. The van der Waals surface area contributed by atoms with Crippen LogP contribution in [0.15, 0.2) is 17.7 Å². The molecule has 1 saturated carbocycles. The summed E-state index contributed by atoms with van der Waals surface area (Å²) in [6.45, 7) is 1.89. The van der Waals surface area contributed by atoms with Gasteiger partial charge in [-0.05, 0) is 12.8 Å². The van der Waals surface area contributed by atoms with Crippen molar-refractivity contribution in [3.05, 3.63) is 23.8 Å². The Balaban J connectivity index is 0.000000845. The van der Waals surface area contributed by atoms with Gasteiger partial charge in [0.2, 0.25) is 0 Å². The third-order valence-electron chi connectivity index (χ3n) is 2.97. The number of carbonyl (C=O) groups is 1. The fourth-order valence-corrected chi connectivity index (χ4v) is 2.23. The standard InChI is InChI=1S/C11H13O.Ru/c1-9-5-4-8-11(10(9)12)6-2-3-7-11;/h5,8H,2-3,6-7H2,1H3;/q-1;+1. The van der Waals surface area contributed by atoms with Gasteiger partial charge in [-0.15, -0.1) is 6.92 Å². The molecule has 71 valence electrons. The van der Waals surface area contributed by atoms with Crippen molar-refractivity contribution in [3.63, 3.8) is 0 Å². The van der Waals surface area contributed by atoms with Crippen molar-refractivity contribution in [2.24, 2.45) is 5.41 Å². The van der Waals surface area contributed by atoms with E-state index >= 15 is 0 Å². The van der Waals surface area contributed by atoms with Crippen LogP contribution in [0, 0.1) is 11.5 Å². The van der Waals surface area contributed by atoms with E-state index in [-0.39, 0.29) is 24.9 Å². The van der Waals surface area contributed by atoms with E-state index in [9.17, 15) is 4.79 Å². The Morgan fingerprint density at radius 1 is 1.38 bits per heavy atom. The van der Waals surface area contributed by atoms with Crippen LogP contribution >= 0.6 is 0 Å². The first kappa shape index (κ1) is 10.9. The van der Waals surface area contributed by atoms with Crippen molar-refractivity contribution in [2.45, 2.75) is 32.6 Å². The van der Waals surface area contributed by atoms with Crippen molar-refractivity contribution >= 4 is 5.78 Å². The van der Waals surface area contributed by atoms with Crippen LogP contribution in [-0.4, -0.2) is 5.78 Å². The molecule has 2 aliphatic carbocycles. The Hall–Kier alpha value is -0.227. The topological polar surface area (TPSA) is 17.1 Å². The van der Waals surface area contributed by atoms with Gasteiger partial charge in [0.25, 0.3) is 0 Å². The van der Waals surface area contributed by atoms with Gasteiger partial charge in [0.15, 0.2) is 0 Å². The SMILES string of the molecule is CC1=C[C-]=CC2(CCCC2)C1=O.[Ru+]. The molecule has 0 unspecified atom stereocenters. The second kappa shape index (κ2) is 3.88. The molecule has 0 saturated heterocycles. The van der Waals surface area contributed by atoms with Crippen molar-refractivity contribution in [3.8, 4) is 0 Å². The Bertz CT molecular complexity index is 270. The Morgan fingerprint density at radius 2 is 2.00 bits per heavy atom. The molecular weight excluding hydrogens is 249 g/mol. The van der Waals surface area contributed by atoms with Gasteiger partial charge in [-0.1, -0.05) is 12.8 Å².